The van der Waals surface area contributed by atoms with Gasteiger partial charge in [0.05, 0.1) is 14.2 Å². The van der Waals surface area contributed by atoms with Crippen LogP contribution >= 0.6 is 0 Å². The average Bonchev–Trinajstić information content (AvgIpc) is 2.72. The van der Waals surface area contributed by atoms with E-state index < -0.39 is 6.04 Å². The summed E-state index contributed by atoms with van der Waals surface area (Å²) in [5.74, 6) is 1.41. The number of hydrogen-bond donors (Lipinski definition) is 1. The molecule has 26 heavy (non-hydrogen) atoms. The summed E-state index contributed by atoms with van der Waals surface area (Å²) < 4.78 is 10.7. The van der Waals surface area contributed by atoms with Crippen molar-refractivity contribution in [2.24, 2.45) is 0 Å². The molecule has 0 spiro atoms. The van der Waals surface area contributed by atoms with Crippen molar-refractivity contribution >= 4 is 11.6 Å². The Labute approximate surface area is 154 Å². The number of carbonyl (C=O) groups is 1. The zero-order chi connectivity index (χ0) is 18.4. The third kappa shape index (κ3) is 4.10. The van der Waals surface area contributed by atoms with Crippen molar-refractivity contribution in [2.45, 2.75) is 25.3 Å². The summed E-state index contributed by atoms with van der Waals surface area (Å²) in [5.41, 5.74) is 1.78. The standard InChI is InChI=1S/C21H26N2O3/c1-25-18-12-11-17(15-19(18)26-2)22-20(16-9-5-3-6-10-16)21(24)23-13-7-4-8-14-23/h3,5-6,9-12,15,20,22H,4,7-8,13-14H2,1-2H3/t20-/m0/s1. The Bertz CT molecular complexity index is 727. The number of carbonyl (C=O) groups excluding carboxylic acids is 1. The highest BCUT2D eigenvalue weighted by molar-refractivity contribution is 5.86. The van der Waals surface area contributed by atoms with Crippen molar-refractivity contribution in [3.8, 4) is 11.5 Å². The van der Waals surface area contributed by atoms with Gasteiger partial charge in [0, 0.05) is 24.8 Å². The SMILES string of the molecule is COc1ccc(N[C@H](C(=O)N2CCCCC2)c2ccccc2)cc1OC. The summed E-state index contributed by atoms with van der Waals surface area (Å²) in [4.78, 5) is 15.2. The summed E-state index contributed by atoms with van der Waals surface area (Å²) in [7, 11) is 3.22. The number of rotatable bonds is 6. The number of hydrogen-bond acceptors (Lipinski definition) is 4. The van der Waals surface area contributed by atoms with Crippen LogP contribution in [-0.2, 0) is 4.79 Å². The second-order valence-corrected chi connectivity index (χ2v) is 6.44. The fourth-order valence-corrected chi connectivity index (χ4v) is 3.32. The van der Waals surface area contributed by atoms with E-state index in [1.54, 1.807) is 14.2 Å². The van der Waals surface area contributed by atoms with Gasteiger partial charge in [-0.1, -0.05) is 30.3 Å². The predicted octanol–water partition coefficient (Wildman–Crippen LogP) is 3.87. The smallest absolute Gasteiger partial charge is 0.249 e. The van der Waals surface area contributed by atoms with Gasteiger partial charge in [0.2, 0.25) is 5.91 Å². The van der Waals surface area contributed by atoms with E-state index in [4.69, 9.17) is 9.47 Å². The molecule has 0 unspecified atom stereocenters. The summed E-state index contributed by atoms with van der Waals surface area (Å²) in [6.45, 7) is 1.66. The first-order valence-corrected chi connectivity index (χ1v) is 9.05. The van der Waals surface area contributed by atoms with Crippen molar-refractivity contribution in [3.63, 3.8) is 0 Å². The van der Waals surface area contributed by atoms with Crippen LogP contribution in [0.3, 0.4) is 0 Å². The predicted molar refractivity (Wildman–Crippen MR) is 103 cm³/mol. The van der Waals surface area contributed by atoms with Crippen LogP contribution in [0.2, 0.25) is 0 Å². The lowest BCUT2D eigenvalue weighted by Gasteiger charge is -2.31. The van der Waals surface area contributed by atoms with E-state index in [2.05, 4.69) is 5.32 Å². The lowest BCUT2D eigenvalue weighted by Crippen LogP contribution is -2.41. The van der Waals surface area contributed by atoms with Crippen LogP contribution in [0.4, 0.5) is 5.69 Å². The lowest BCUT2D eigenvalue weighted by molar-refractivity contribution is -0.133. The minimum absolute atomic E-state index is 0.116. The van der Waals surface area contributed by atoms with Crippen molar-refractivity contribution in [1.82, 2.24) is 4.90 Å². The Morgan fingerprint density at radius 3 is 2.31 bits per heavy atom. The average molecular weight is 354 g/mol. The normalized spacial score (nSPS) is 15.2. The molecule has 3 rings (SSSR count). The molecular weight excluding hydrogens is 328 g/mol. The highest BCUT2D eigenvalue weighted by Gasteiger charge is 2.27. The molecular formula is C21H26N2O3. The maximum Gasteiger partial charge on any atom is 0.249 e. The summed E-state index contributed by atoms with van der Waals surface area (Å²) in [6, 6.07) is 15.0. The molecule has 138 valence electrons. The number of amides is 1. The van der Waals surface area contributed by atoms with Gasteiger partial charge < -0.3 is 19.7 Å². The fourth-order valence-electron chi connectivity index (χ4n) is 3.32. The molecule has 0 radical (unpaired) electrons. The summed E-state index contributed by atoms with van der Waals surface area (Å²) >= 11 is 0. The monoisotopic (exact) mass is 354 g/mol. The molecule has 1 fully saturated rings. The van der Waals surface area contributed by atoms with Crippen LogP contribution in [0.5, 0.6) is 11.5 Å². The number of nitrogens with one attached hydrogen (secondary N) is 1. The van der Waals surface area contributed by atoms with Gasteiger partial charge in [0.1, 0.15) is 6.04 Å². The van der Waals surface area contributed by atoms with E-state index in [0.717, 1.165) is 37.2 Å². The third-order valence-electron chi connectivity index (χ3n) is 4.74. The molecule has 5 nitrogen and oxygen atoms in total. The Kier molecular flexibility index (Phi) is 6.00. The van der Waals surface area contributed by atoms with E-state index in [1.807, 2.05) is 53.4 Å². The zero-order valence-electron chi connectivity index (χ0n) is 15.4. The Morgan fingerprint density at radius 2 is 1.65 bits per heavy atom. The molecule has 1 N–H and O–H groups in total. The first-order valence-electron chi connectivity index (χ1n) is 9.05. The van der Waals surface area contributed by atoms with Crippen LogP contribution in [0.25, 0.3) is 0 Å². The second kappa shape index (κ2) is 8.61. The Balaban J connectivity index is 1.87. The van der Waals surface area contributed by atoms with E-state index in [-0.39, 0.29) is 5.91 Å². The van der Waals surface area contributed by atoms with Gasteiger partial charge >= 0.3 is 0 Å². The van der Waals surface area contributed by atoms with Crippen LogP contribution < -0.4 is 14.8 Å². The van der Waals surface area contributed by atoms with E-state index in [0.29, 0.717) is 11.5 Å². The first-order chi connectivity index (χ1) is 12.7. The van der Waals surface area contributed by atoms with Crippen molar-refractivity contribution in [1.29, 1.82) is 0 Å². The van der Waals surface area contributed by atoms with Crippen LogP contribution in [-0.4, -0.2) is 38.1 Å². The zero-order valence-corrected chi connectivity index (χ0v) is 15.4. The molecule has 0 aliphatic carbocycles. The molecule has 1 aliphatic rings. The number of anilines is 1. The Morgan fingerprint density at radius 1 is 0.962 bits per heavy atom. The molecule has 2 aromatic carbocycles. The maximum absolute atomic E-state index is 13.2. The van der Waals surface area contributed by atoms with Crippen LogP contribution in [0.1, 0.15) is 30.9 Å². The largest absolute Gasteiger partial charge is 0.493 e. The lowest BCUT2D eigenvalue weighted by atomic mass is 10.0. The van der Waals surface area contributed by atoms with E-state index >= 15 is 0 Å². The van der Waals surface area contributed by atoms with Gasteiger partial charge in [0.15, 0.2) is 11.5 Å². The van der Waals surface area contributed by atoms with E-state index in [9.17, 15) is 4.79 Å². The first kappa shape index (κ1) is 18.1. The number of nitrogens with zero attached hydrogens (tertiary/aromatic N) is 1. The van der Waals surface area contributed by atoms with Gasteiger partial charge in [-0.25, -0.2) is 0 Å². The van der Waals surface area contributed by atoms with E-state index in [1.165, 1.54) is 6.42 Å². The number of likely N-dealkylation sites (tertiary alicyclic amines) is 1. The molecule has 0 saturated carbocycles. The van der Waals surface area contributed by atoms with Gasteiger partial charge in [0.25, 0.3) is 0 Å². The maximum atomic E-state index is 13.2. The van der Waals surface area contributed by atoms with Crippen LogP contribution in [0, 0.1) is 0 Å². The summed E-state index contributed by atoms with van der Waals surface area (Å²) in [5, 5.41) is 3.39. The minimum Gasteiger partial charge on any atom is -0.493 e. The molecule has 1 aliphatic heterocycles. The molecule has 1 atom stereocenters. The number of piperidine rings is 1. The molecule has 1 saturated heterocycles. The number of methoxy groups -OCH3 is 2. The van der Waals surface area contributed by atoms with Crippen molar-refractivity contribution in [2.75, 3.05) is 32.6 Å². The number of benzene rings is 2. The van der Waals surface area contributed by atoms with Gasteiger partial charge in [-0.2, -0.15) is 0 Å². The molecule has 1 heterocycles. The topological polar surface area (TPSA) is 50.8 Å². The van der Waals surface area contributed by atoms with Crippen molar-refractivity contribution in [3.05, 3.63) is 54.1 Å². The van der Waals surface area contributed by atoms with Gasteiger partial charge in [-0.05, 0) is 37.0 Å². The van der Waals surface area contributed by atoms with Gasteiger partial charge in [-0.15, -0.1) is 0 Å². The fraction of sp³-hybridized carbons (Fsp3) is 0.381. The highest BCUT2D eigenvalue weighted by Crippen LogP contribution is 2.32. The highest BCUT2D eigenvalue weighted by atomic mass is 16.5. The molecule has 0 aromatic heterocycles. The second-order valence-electron chi connectivity index (χ2n) is 6.44. The summed E-state index contributed by atoms with van der Waals surface area (Å²) in [6.07, 6.45) is 3.34. The third-order valence-corrected chi connectivity index (χ3v) is 4.74. The Hall–Kier alpha value is -2.69. The minimum atomic E-state index is -0.424. The number of ether oxygens (including phenoxy) is 2. The van der Waals surface area contributed by atoms with Gasteiger partial charge in [-0.3, -0.25) is 4.79 Å². The molecule has 1 amide bonds. The quantitative estimate of drug-likeness (QED) is 0.856. The van der Waals surface area contributed by atoms with Crippen molar-refractivity contribution < 1.29 is 14.3 Å². The molecule has 0 bridgehead atoms. The van der Waals surface area contributed by atoms with Crippen LogP contribution in [0.15, 0.2) is 48.5 Å². The molecule has 5 heteroatoms. The molecule has 2 aromatic rings.